The van der Waals surface area contributed by atoms with Gasteiger partial charge in [-0.1, -0.05) is 32.9 Å². The van der Waals surface area contributed by atoms with Crippen molar-refractivity contribution in [2.24, 2.45) is 16.7 Å². The molecular weight excluding hydrogens is 146 g/mol. The highest BCUT2D eigenvalue weighted by atomic mass is 14.7. The van der Waals surface area contributed by atoms with Crippen LogP contribution in [-0.4, -0.2) is 6.21 Å². The molecule has 1 rings (SSSR count). The van der Waals surface area contributed by atoms with Crippen LogP contribution in [0.15, 0.2) is 12.2 Å². The maximum Gasteiger partial charge on any atom is -0.00444 e. The van der Waals surface area contributed by atoms with E-state index in [1.807, 2.05) is 0 Å². The first-order chi connectivity index (χ1) is 5.50. The molecule has 0 radical (unpaired) electrons. The molecule has 0 aromatic carbocycles. The Morgan fingerprint density at radius 2 is 1.92 bits per heavy atom. The minimum absolute atomic E-state index is 0.333. The summed E-state index contributed by atoms with van der Waals surface area (Å²) in [5.41, 5.74) is 0.719. The van der Waals surface area contributed by atoms with Gasteiger partial charge in [-0.15, -0.1) is 0 Å². The average Bonchev–Trinajstić information content (AvgIpc) is 2.36. The highest BCUT2D eigenvalue weighted by Crippen LogP contribution is 2.70. The van der Waals surface area contributed by atoms with Crippen molar-refractivity contribution in [3.8, 4) is 0 Å². The van der Waals surface area contributed by atoms with Crippen molar-refractivity contribution in [2.45, 2.75) is 34.1 Å². The van der Waals surface area contributed by atoms with Gasteiger partial charge in [-0.25, -0.2) is 0 Å². The number of nitrogens with one attached hydrogen (secondary N) is 1. The first-order valence-electron chi connectivity index (χ1n) is 4.63. The first-order valence-corrected chi connectivity index (χ1v) is 4.63. The van der Waals surface area contributed by atoms with E-state index in [0.29, 0.717) is 16.7 Å². The second-order valence-electron chi connectivity index (χ2n) is 4.50. The quantitative estimate of drug-likeness (QED) is 0.490. The fourth-order valence-electron chi connectivity index (χ4n) is 2.47. The van der Waals surface area contributed by atoms with Gasteiger partial charge in [-0.05, 0) is 36.3 Å². The monoisotopic (exact) mass is 165 g/mol. The molecule has 1 heteroatoms. The number of allylic oxidation sites excluding steroid dienone is 2. The maximum atomic E-state index is 7.11. The molecule has 0 bridgehead atoms. The van der Waals surface area contributed by atoms with Crippen LogP contribution in [0.2, 0.25) is 0 Å². The smallest absolute Gasteiger partial charge is 0.00444 e. The zero-order valence-corrected chi connectivity index (χ0v) is 8.52. The van der Waals surface area contributed by atoms with Crippen molar-refractivity contribution in [2.75, 3.05) is 0 Å². The zero-order valence-electron chi connectivity index (χ0n) is 8.52. The molecule has 0 aliphatic heterocycles. The predicted molar refractivity (Wildman–Crippen MR) is 53.6 cm³/mol. The summed E-state index contributed by atoms with van der Waals surface area (Å²) in [6, 6.07) is 0. The van der Waals surface area contributed by atoms with Crippen LogP contribution >= 0.6 is 0 Å². The van der Waals surface area contributed by atoms with Crippen LogP contribution in [0.5, 0.6) is 0 Å². The van der Waals surface area contributed by atoms with Crippen LogP contribution in [0.3, 0.4) is 0 Å². The van der Waals surface area contributed by atoms with E-state index in [9.17, 15) is 0 Å². The van der Waals surface area contributed by atoms with Gasteiger partial charge >= 0.3 is 0 Å². The van der Waals surface area contributed by atoms with Gasteiger partial charge in [0.15, 0.2) is 0 Å². The van der Waals surface area contributed by atoms with E-state index in [2.05, 4.69) is 39.8 Å². The molecule has 2 atom stereocenters. The molecule has 1 N–H and O–H groups in total. The third-order valence-corrected chi connectivity index (χ3v) is 3.77. The Morgan fingerprint density at radius 3 is 2.33 bits per heavy atom. The summed E-state index contributed by atoms with van der Waals surface area (Å²) in [7, 11) is 0. The van der Waals surface area contributed by atoms with E-state index < -0.39 is 0 Å². The standard InChI is InChI=1S/C11H19N/c1-5-7-11(4)9(6-8-12)10(11,2)3/h5,7-9,12H,6H2,1-4H3. The van der Waals surface area contributed by atoms with Crippen LogP contribution < -0.4 is 0 Å². The minimum atomic E-state index is 0.333. The van der Waals surface area contributed by atoms with Gasteiger partial charge in [0, 0.05) is 0 Å². The summed E-state index contributed by atoms with van der Waals surface area (Å²) in [4.78, 5) is 0. The predicted octanol–water partition coefficient (Wildman–Crippen LogP) is 3.26. The van der Waals surface area contributed by atoms with Gasteiger partial charge in [0.25, 0.3) is 0 Å². The highest BCUT2D eigenvalue weighted by molar-refractivity contribution is 5.55. The fourth-order valence-corrected chi connectivity index (χ4v) is 2.47. The van der Waals surface area contributed by atoms with Crippen molar-refractivity contribution in [1.29, 1.82) is 5.41 Å². The lowest BCUT2D eigenvalue weighted by Gasteiger charge is -2.07. The Labute approximate surface area is 75.4 Å². The fraction of sp³-hybridized carbons (Fsp3) is 0.727. The summed E-state index contributed by atoms with van der Waals surface area (Å²) < 4.78 is 0. The lowest BCUT2D eigenvalue weighted by molar-refractivity contribution is 0.499. The Bertz CT molecular complexity index is 215. The van der Waals surface area contributed by atoms with Gasteiger partial charge in [0.05, 0.1) is 0 Å². The third kappa shape index (κ3) is 1.03. The van der Waals surface area contributed by atoms with Crippen LogP contribution in [-0.2, 0) is 0 Å². The van der Waals surface area contributed by atoms with Gasteiger partial charge < -0.3 is 5.41 Å². The highest BCUT2D eigenvalue weighted by Gasteiger charge is 2.65. The number of hydrogen-bond acceptors (Lipinski definition) is 1. The lowest BCUT2D eigenvalue weighted by atomic mass is 9.98. The summed E-state index contributed by atoms with van der Waals surface area (Å²) in [5.74, 6) is 0.665. The van der Waals surface area contributed by atoms with Crippen molar-refractivity contribution >= 4 is 6.21 Å². The summed E-state index contributed by atoms with van der Waals surface area (Å²) in [6.07, 6.45) is 6.89. The normalized spacial score (nSPS) is 38.5. The summed E-state index contributed by atoms with van der Waals surface area (Å²) in [6.45, 7) is 8.95. The average molecular weight is 165 g/mol. The Morgan fingerprint density at radius 1 is 1.33 bits per heavy atom. The van der Waals surface area contributed by atoms with E-state index in [1.54, 1.807) is 6.21 Å². The van der Waals surface area contributed by atoms with Crippen LogP contribution in [0.1, 0.15) is 34.1 Å². The molecule has 1 aliphatic rings. The Hall–Kier alpha value is -0.590. The first kappa shape index (κ1) is 9.50. The molecule has 68 valence electrons. The van der Waals surface area contributed by atoms with Gasteiger partial charge in [0.2, 0.25) is 0 Å². The van der Waals surface area contributed by atoms with Crippen LogP contribution in [0, 0.1) is 22.2 Å². The van der Waals surface area contributed by atoms with E-state index in [-0.39, 0.29) is 0 Å². The van der Waals surface area contributed by atoms with Crippen LogP contribution in [0.4, 0.5) is 0 Å². The molecule has 0 aromatic heterocycles. The largest absolute Gasteiger partial charge is 0.313 e. The van der Waals surface area contributed by atoms with E-state index in [4.69, 9.17) is 5.41 Å². The topological polar surface area (TPSA) is 23.9 Å². The molecular formula is C11H19N. The minimum Gasteiger partial charge on any atom is -0.313 e. The van der Waals surface area contributed by atoms with Crippen molar-refractivity contribution in [3.05, 3.63) is 12.2 Å². The Kier molecular flexibility index (Phi) is 2.15. The van der Waals surface area contributed by atoms with Crippen molar-refractivity contribution < 1.29 is 0 Å². The molecule has 1 aliphatic carbocycles. The number of rotatable bonds is 3. The second kappa shape index (κ2) is 2.72. The zero-order chi connectivity index (χ0) is 9.41. The maximum absolute atomic E-state index is 7.11. The molecule has 1 saturated carbocycles. The molecule has 1 nitrogen and oxygen atoms in total. The van der Waals surface area contributed by atoms with Crippen molar-refractivity contribution in [3.63, 3.8) is 0 Å². The van der Waals surface area contributed by atoms with Crippen molar-refractivity contribution in [1.82, 2.24) is 0 Å². The molecule has 0 saturated heterocycles. The molecule has 0 amide bonds. The van der Waals surface area contributed by atoms with E-state index in [1.165, 1.54) is 0 Å². The SMILES string of the molecule is CC=CC1(C)C(CC=N)C1(C)C. The summed E-state index contributed by atoms with van der Waals surface area (Å²) in [5, 5.41) is 7.11. The molecule has 0 spiro atoms. The molecule has 2 unspecified atom stereocenters. The van der Waals surface area contributed by atoms with E-state index >= 15 is 0 Å². The number of hydrogen-bond donors (Lipinski definition) is 1. The molecule has 0 aromatic rings. The van der Waals surface area contributed by atoms with Crippen LogP contribution in [0.25, 0.3) is 0 Å². The molecule has 0 heterocycles. The molecule has 12 heavy (non-hydrogen) atoms. The lowest BCUT2D eigenvalue weighted by Crippen LogP contribution is -1.98. The molecule has 1 fully saturated rings. The Balaban J connectivity index is 2.76. The van der Waals surface area contributed by atoms with Gasteiger partial charge in [-0.3, -0.25) is 0 Å². The third-order valence-electron chi connectivity index (χ3n) is 3.77. The summed E-state index contributed by atoms with van der Waals surface area (Å²) >= 11 is 0. The van der Waals surface area contributed by atoms with Gasteiger partial charge in [-0.2, -0.15) is 0 Å². The second-order valence-corrected chi connectivity index (χ2v) is 4.50. The van der Waals surface area contributed by atoms with E-state index in [0.717, 1.165) is 6.42 Å². The van der Waals surface area contributed by atoms with Gasteiger partial charge in [0.1, 0.15) is 0 Å².